The largest absolute Gasteiger partial charge is 0.497 e. The zero-order valence-corrected chi connectivity index (χ0v) is 22.3. The Labute approximate surface area is 215 Å². The number of nitrogens with zero attached hydrogens (tertiary/aromatic N) is 2. The van der Waals surface area contributed by atoms with E-state index in [0.29, 0.717) is 31.0 Å². The van der Waals surface area contributed by atoms with Gasteiger partial charge in [0, 0.05) is 37.0 Å². The number of fused-ring (bicyclic) bond motifs is 1. The summed E-state index contributed by atoms with van der Waals surface area (Å²) in [5.74, 6) is 0.945. The maximum atomic E-state index is 13.8. The van der Waals surface area contributed by atoms with Crippen molar-refractivity contribution >= 4 is 11.9 Å². The van der Waals surface area contributed by atoms with E-state index in [1.807, 2.05) is 42.5 Å². The van der Waals surface area contributed by atoms with Crippen molar-refractivity contribution in [2.45, 2.75) is 63.5 Å². The van der Waals surface area contributed by atoms with Crippen molar-refractivity contribution in [3.63, 3.8) is 0 Å². The molecule has 2 aromatic rings. The van der Waals surface area contributed by atoms with Gasteiger partial charge in [0.25, 0.3) is 5.91 Å². The molecule has 1 saturated carbocycles. The van der Waals surface area contributed by atoms with Crippen LogP contribution in [0.15, 0.2) is 54.6 Å². The second kappa shape index (κ2) is 10.6. The number of carbonyl (C=O) groups is 2. The molecular weight excluding hydrogens is 452 g/mol. The molecule has 1 heterocycles. The van der Waals surface area contributed by atoms with E-state index in [0.717, 1.165) is 37.1 Å². The van der Waals surface area contributed by atoms with Crippen LogP contribution in [0.4, 0.5) is 0 Å². The number of hydrogen-bond donors (Lipinski definition) is 0. The summed E-state index contributed by atoms with van der Waals surface area (Å²) < 4.78 is 11.9. The standard InChI is InChI=1S/C30H40N2O4/c1-22(2)20-32(28(34)24-10-7-6-8-11-24)26-14-15-30(36-23(3)33)21-31(4)17-16-29(30,19-26)25-12-9-13-27(18-25)35-5/h6-13,18,22,26H,14-17,19-21H2,1-5H3/t26-,29-,30-/m0/s1. The summed E-state index contributed by atoms with van der Waals surface area (Å²) in [6.45, 7) is 8.08. The Bertz CT molecular complexity index is 1070. The van der Waals surface area contributed by atoms with E-state index in [1.165, 1.54) is 6.92 Å². The summed E-state index contributed by atoms with van der Waals surface area (Å²) in [6.07, 6.45) is 3.08. The van der Waals surface area contributed by atoms with Crippen molar-refractivity contribution in [2.24, 2.45) is 5.92 Å². The zero-order chi connectivity index (χ0) is 25.9. The van der Waals surface area contributed by atoms with Crippen LogP contribution < -0.4 is 4.74 Å². The van der Waals surface area contributed by atoms with Crippen molar-refractivity contribution < 1.29 is 19.1 Å². The highest BCUT2D eigenvalue weighted by molar-refractivity contribution is 5.94. The highest BCUT2D eigenvalue weighted by Crippen LogP contribution is 2.54. The fourth-order valence-electron chi connectivity index (χ4n) is 6.49. The topological polar surface area (TPSA) is 59.1 Å². The number of hydrogen-bond acceptors (Lipinski definition) is 5. The first kappa shape index (κ1) is 26.2. The molecule has 1 saturated heterocycles. The van der Waals surface area contributed by atoms with Gasteiger partial charge in [-0.1, -0.05) is 44.2 Å². The molecule has 3 atom stereocenters. The number of ether oxygens (including phenoxy) is 2. The zero-order valence-electron chi connectivity index (χ0n) is 22.3. The fraction of sp³-hybridized carbons (Fsp3) is 0.533. The van der Waals surface area contributed by atoms with Crippen molar-refractivity contribution in [1.82, 2.24) is 9.80 Å². The average molecular weight is 493 g/mol. The number of likely N-dealkylation sites (N-methyl/N-ethyl adjacent to an activating group) is 1. The quantitative estimate of drug-likeness (QED) is 0.514. The SMILES string of the molecule is COc1cccc([C@@]23CCN(C)C[C@@]2(OC(C)=O)CC[C@H](N(CC(C)C)C(=O)c2ccccc2)C3)c1. The molecule has 0 bridgehead atoms. The molecule has 0 N–H and O–H groups in total. The Kier molecular flexibility index (Phi) is 7.74. The summed E-state index contributed by atoms with van der Waals surface area (Å²) in [4.78, 5) is 30.6. The third kappa shape index (κ3) is 5.01. The number of esters is 1. The molecule has 0 spiro atoms. The number of carbonyl (C=O) groups excluding carboxylic acids is 2. The molecular formula is C30H40N2O4. The first-order valence-electron chi connectivity index (χ1n) is 13.1. The normalized spacial score (nSPS) is 26.2. The van der Waals surface area contributed by atoms with E-state index in [4.69, 9.17) is 9.47 Å². The Balaban J connectivity index is 1.81. The predicted molar refractivity (Wildman–Crippen MR) is 141 cm³/mol. The number of rotatable bonds is 7. The van der Waals surface area contributed by atoms with E-state index in [-0.39, 0.29) is 17.9 Å². The molecule has 1 aliphatic heterocycles. The van der Waals surface area contributed by atoms with Crippen LogP contribution in [0.3, 0.4) is 0 Å². The highest BCUT2D eigenvalue weighted by Gasteiger charge is 2.61. The van der Waals surface area contributed by atoms with Crippen molar-refractivity contribution in [2.75, 3.05) is 33.8 Å². The Morgan fingerprint density at radius 2 is 1.86 bits per heavy atom. The molecule has 1 aliphatic carbocycles. The maximum Gasteiger partial charge on any atom is 0.303 e. The lowest BCUT2D eigenvalue weighted by molar-refractivity contribution is -0.187. The summed E-state index contributed by atoms with van der Waals surface area (Å²) in [6, 6.07) is 17.8. The van der Waals surface area contributed by atoms with E-state index >= 15 is 0 Å². The molecule has 194 valence electrons. The van der Waals surface area contributed by atoms with Crippen LogP contribution in [0.1, 0.15) is 62.4 Å². The second-order valence-electron chi connectivity index (χ2n) is 11.0. The third-order valence-corrected chi connectivity index (χ3v) is 8.03. The van der Waals surface area contributed by atoms with Gasteiger partial charge in [-0.2, -0.15) is 0 Å². The number of methoxy groups -OCH3 is 1. The van der Waals surface area contributed by atoms with Crippen LogP contribution in [-0.4, -0.2) is 67.1 Å². The van der Waals surface area contributed by atoms with Crippen LogP contribution in [-0.2, 0) is 14.9 Å². The summed E-state index contributed by atoms with van der Waals surface area (Å²) >= 11 is 0. The number of piperidine rings is 1. The van der Waals surface area contributed by atoms with Crippen molar-refractivity contribution in [1.29, 1.82) is 0 Å². The fourth-order valence-corrected chi connectivity index (χ4v) is 6.49. The molecule has 6 nitrogen and oxygen atoms in total. The van der Waals surface area contributed by atoms with Gasteiger partial charge in [0.2, 0.25) is 0 Å². The third-order valence-electron chi connectivity index (χ3n) is 8.03. The van der Waals surface area contributed by atoms with Gasteiger partial charge in [0.05, 0.1) is 7.11 Å². The maximum absolute atomic E-state index is 13.8. The number of likely N-dealkylation sites (tertiary alicyclic amines) is 1. The molecule has 1 amide bonds. The minimum Gasteiger partial charge on any atom is -0.497 e. The van der Waals surface area contributed by atoms with E-state index in [1.54, 1.807) is 7.11 Å². The Hall–Kier alpha value is -2.86. The predicted octanol–water partition coefficient (Wildman–Crippen LogP) is 4.92. The van der Waals surface area contributed by atoms with Crippen LogP contribution >= 0.6 is 0 Å². The first-order chi connectivity index (χ1) is 17.2. The number of amides is 1. The minimum absolute atomic E-state index is 0.0402. The average Bonchev–Trinajstić information content (AvgIpc) is 2.86. The van der Waals surface area contributed by atoms with Gasteiger partial charge in [0.1, 0.15) is 11.4 Å². The Morgan fingerprint density at radius 1 is 1.11 bits per heavy atom. The highest BCUT2D eigenvalue weighted by atomic mass is 16.6. The number of benzene rings is 2. The minimum atomic E-state index is -0.659. The van der Waals surface area contributed by atoms with Crippen LogP contribution in [0, 0.1) is 5.92 Å². The van der Waals surface area contributed by atoms with E-state index < -0.39 is 11.0 Å². The molecule has 4 rings (SSSR count). The lowest BCUT2D eigenvalue weighted by Gasteiger charge is -2.60. The summed E-state index contributed by atoms with van der Waals surface area (Å²) in [5, 5.41) is 0. The molecule has 2 aliphatic rings. The molecule has 2 fully saturated rings. The van der Waals surface area contributed by atoms with E-state index in [9.17, 15) is 9.59 Å². The van der Waals surface area contributed by atoms with Crippen LogP contribution in [0.2, 0.25) is 0 Å². The first-order valence-corrected chi connectivity index (χ1v) is 13.1. The molecule has 0 aromatic heterocycles. The molecule has 2 aromatic carbocycles. The van der Waals surface area contributed by atoms with Gasteiger partial charge < -0.3 is 19.3 Å². The van der Waals surface area contributed by atoms with Gasteiger partial charge >= 0.3 is 5.97 Å². The van der Waals surface area contributed by atoms with Gasteiger partial charge in [0.15, 0.2) is 0 Å². The smallest absolute Gasteiger partial charge is 0.303 e. The van der Waals surface area contributed by atoms with Crippen LogP contribution in [0.5, 0.6) is 5.75 Å². The summed E-state index contributed by atoms with van der Waals surface area (Å²) in [5.41, 5.74) is 0.759. The molecule has 36 heavy (non-hydrogen) atoms. The summed E-state index contributed by atoms with van der Waals surface area (Å²) in [7, 11) is 3.77. The molecule has 0 radical (unpaired) electrons. The van der Waals surface area contributed by atoms with Gasteiger partial charge in [-0.15, -0.1) is 0 Å². The second-order valence-corrected chi connectivity index (χ2v) is 11.0. The monoisotopic (exact) mass is 492 g/mol. The molecule has 6 heteroatoms. The van der Waals surface area contributed by atoms with Gasteiger partial charge in [-0.25, -0.2) is 0 Å². The van der Waals surface area contributed by atoms with E-state index in [2.05, 4.69) is 42.8 Å². The van der Waals surface area contributed by atoms with Gasteiger partial charge in [-0.05, 0) is 75.0 Å². The van der Waals surface area contributed by atoms with Crippen LogP contribution in [0.25, 0.3) is 0 Å². The Morgan fingerprint density at radius 3 is 2.53 bits per heavy atom. The van der Waals surface area contributed by atoms with Gasteiger partial charge in [-0.3, -0.25) is 9.59 Å². The van der Waals surface area contributed by atoms with Crippen molar-refractivity contribution in [3.8, 4) is 5.75 Å². The molecule has 0 unspecified atom stereocenters. The lowest BCUT2D eigenvalue weighted by Crippen LogP contribution is -2.68. The van der Waals surface area contributed by atoms with Crippen molar-refractivity contribution in [3.05, 3.63) is 65.7 Å². The lowest BCUT2D eigenvalue weighted by atomic mass is 9.55.